The molecule has 0 saturated heterocycles. The first-order valence-corrected chi connectivity index (χ1v) is 9.90. The largest absolute Gasteiger partial charge is 0.459 e. The minimum atomic E-state index is -0.354. The molecule has 148 valence electrons. The zero-order chi connectivity index (χ0) is 20.7. The van der Waals surface area contributed by atoms with Gasteiger partial charge in [-0.2, -0.15) is 0 Å². The quantitative estimate of drug-likeness (QED) is 0.489. The molecule has 2 N–H and O–H groups in total. The van der Waals surface area contributed by atoms with Crippen LogP contribution >= 0.6 is 0 Å². The van der Waals surface area contributed by atoms with Crippen LogP contribution in [0, 0.1) is 6.92 Å². The molecule has 1 aliphatic rings. The molecule has 0 spiro atoms. The van der Waals surface area contributed by atoms with Crippen molar-refractivity contribution < 1.29 is 14.0 Å². The number of carbonyl (C=O) groups excluding carboxylic acids is 2. The Morgan fingerprint density at radius 3 is 2.43 bits per heavy atom. The fourth-order valence-corrected chi connectivity index (χ4v) is 4.04. The zero-order valence-electron chi connectivity index (χ0n) is 16.5. The number of amides is 2. The highest BCUT2D eigenvalue weighted by Gasteiger charge is 2.18. The molecule has 0 atom stereocenters. The molecule has 0 unspecified atom stereocenters. The fraction of sp³-hybridized carbons (Fsp3) is 0.120. The molecule has 1 aliphatic carbocycles. The normalized spacial score (nSPS) is 12.2. The van der Waals surface area contributed by atoms with Gasteiger partial charge in [-0.25, -0.2) is 0 Å². The molecule has 0 aliphatic heterocycles. The smallest absolute Gasteiger partial charge is 0.291 e. The molecule has 30 heavy (non-hydrogen) atoms. The maximum Gasteiger partial charge on any atom is 0.291 e. The van der Waals surface area contributed by atoms with Crippen molar-refractivity contribution in [2.75, 3.05) is 10.6 Å². The highest BCUT2D eigenvalue weighted by Crippen LogP contribution is 2.35. The van der Waals surface area contributed by atoms with Gasteiger partial charge >= 0.3 is 0 Å². The minimum absolute atomic E-state index is 0.220. The van der Waals surface area contributed by atoms with E-state index in [0.717, 1.165) is 29.5 Å². The van der Waals surface area contributed by atoms with Gasteiger partial charge in [0.15, 0.2) is 5.76 Å². The number of nitrogens with one attached hydrogen (secondary N) is 2. The third kappa shape index (κ3) is 3.14. The van der Waals surface area contributed by atoms with E-state index in [1.54, 1.807) is 24.3 Å². The summed E-state index contributed by atoms with van der Waals surface area (Å²) in [6.07, 6.45) is 3.53. The van der Waals surface area contributed by atoms with E-state index in [4.69, 9.17) is 4.42 Å². The van der Waals surface area contributed by atoms with Gasteiger partial charge in [0.2, 0.25) is 0 Å². The second-order valence-electron chi connectivity index (χ2n) is 7.53. The molecule has 5 heteroatoms. The molecular formula is C25H20N2O3. The van der Waals surface area contributed by atoms with E-state index in [0.29, 0.717) is 11.3 Å². The Morgan fingerprint density at radius 1 is 0.833 bits per heavy atom. The van der Waals surface area contributed by atoms with Crippen LogP contribution in [-0.2, 0) is 12.8 Å². The van der Waals surface area contributed by atoms with Gasteiger partial charge in [0, 0.05) is 22.3 Å². The SMILES string of the molecule is Cc1ccc(C(=O)Nc2ccc3c4c(cccc24)CC3)cc1NC(=O)c1ccco1. The van der Waals surface area contributed by atoms with Gasteiger partial charge in [-0.15, -0.1) is 0 Å². The lowest BCUT2D eigenvalue weighted by Gasteiger charge is -2.12. The van der Waals surface area contributed by atoms with E-state index in [1.807, 2.05) is 31.2 Å². The first kappa shape index (κ1) is 18.2. The molecule has 0 bridgehead atoms. The molecule has 5 rings (SSSR count). The number of furan rings is 1. The lowest BCUT2D eigenvalue weighted by atomic mass is 10.0. The number of carbonyl (C=O) groups is 2. The minimum Gasteiger partial charge on any atom is -0.459 e. The molecule has 2 amide bonds. The van der Waals surface area contributed by atoms with Crippen LogP contribution in [0.15, 0.2) is 71.3 Å². The van der Waals surface area contributed by atoms with Crippen molar-refractivity contribution in [3.63, 3.8) is 0 Å². The number of benzene rings is 3. The van der Waals surface area contributed by atoms with E-state index in [-0.39, 0.29) is 17.6 Å². The van der Waals surface area contributed by atoms with Crippen molar-refractivity contribution in [2.45, 2.75) is 19.8 Å². The Balaban J connectivity index is 1.42. The Bertz CT molecular complexity index is 1280. The van der Waals surface area contributed by atoms with E-state index in [1.165, 1.54) is 22.8 Å². The molecule has 4 aromatic rings. The van der Waals surface area contributed by atoms with E-state index in [2.05, 4.69) is 22.8 Å². The van der Waals surface area contributed by atoms with Crippen LogP contribution in [0.4, 0.5) is 11.4 Å². The molecule has 5 nitrogen and oxygen atoms in total. The summed E-state index contributed by atoms with van der Waals surface area (Å²) in [5.41, 5.74) is 5.36. The van der Waals surface area contributed by atoms with Crippen molar-refractivity contribution >= 4 is 34.0 Å². The van der Waals surface area contributed by atoms with Gasteiger partial charge in [0.05, 0.1) is 6.26 Å². The third-order valence-electron chi connectivity index (χ3n) is 5.62. The number of anilines is 2. The zero-order valence-corrected chi connectivity index (χ0v) is 16.5. The summed E-state index contributed by atoms with van der Waals surface area (Å²) in [4.78, 5) is 25.3. The first-order valence-electron chi connectivity index (χ1n) is 9.90. The summed E-state index contributed by atoms with van der Waals surface area (Å²) < 4.78 is 5.14. The van der Waals surface area contributed by atoms with Gasteiger partial charge in [0.25, 0.3) is 11.8 Å². The molecule has 0 saturated carbocycles. The number of hydrogen-bond acceptors (Lipinski definition) is 3. The van der Waals surface area contributed by atoms with Crippen molar-refractivity contribution in [1.29, 1.82) is 0 Å². The van der Waals surface area contributed by atoms with E-state index in [9.17, 15) is 9.59 Å². The number of aryl methyl sites for hydroxylation is 3. The number of hydrogen-bond donors (Lipinski definition) is 2. The van der Waals surface area contributed by atoms with Gasteiger partial charge < -0.3 is 15.1 Å². The summed E-state index contributed by atoms with van der Waals surface area (Å²) in [5, 5.41) is 8.17. The lowest BCUT2D eigenvalue weighted by Crippen LogP contribution is -2.15. The molecular weight excluding hydrogens is 376 g/mol. The highest BCUT2D eigenvalue weighted by molar-refractivity contribution is 6.11. The second-order valence-corrected chi connectivity index (χ2v) is 7.53. The van der Waals surface area contributed by atoms with Crippen LogP contribution < -0.4 is 10.6 Å². The molecule has 3 aromatic carbocycles. The van der Waals surface area contributed by atoms with Crippen LogP contribution in [0.25, 0.3) is 10.8 Å². The van der Waals surface area contributed by atoms with E-state index >= 15 is 0 Å². The Labute approximate surface area is 173 Å². The predicted octanol–water partition coefficient (Wildman–Crippen LogP) is 5.34. The molecule has 1 aromatic heterocycles. The predicted molar refractivity (Wildman–Crippen MR) is 117 cm³/mol. The standard InChI is InChI=1S/C25H20N2O3/c1-15-7-8-18(14-21(15)27-25(29)22-6-3-13-30-22)24(28)26-20-12-11-17-10-9-16-4-2-5-19(20)23(16)17/h2-8,11-14H,9-10H2,1H3,(H,26,28)(H,27,29). The van der Waals surface area contributed by atoms with Crippen molar-refractivity contribution in [2.24, 2.45) is 0 Å². The topological polar surface area (TPSA) is 71.3 Å². The van der Waals surface area contributed by atoms with Crippen LogP contribution in [0.3, 0.4) is 0 Å². The summed E-state index contributed by atoms with van der Waals surface area (Å²) >= 11 is 0. The van der Waals surface area contributed by atoms with Crippen LogP contribution in [0.2, 0.25) is 0 Å². The van der Waals surface area contributed by atoms with Crippen LogP contribution in [0.1, 0.15) is 37.6 Å². The van der Waals surface area contributed by atoms with Gasteiger partial charge in [-0.3, -0.25) is 9.59 Å². The Kier molecular flexibility index (Phi) is 4.36. The van der Waals surface area contributed by atoms with Crippen molar-refractivity contribution in [1.82, 2.24) is 0 Å². The summed E-state index contributed by atoms with van der Waals surface area (Å²) in [7, 11) is 0. The summed E-state index contributed by atoms with van der Waals surface area (Å²) in [6, 6.07) is 18.8. The van der Waals surface area contributed by atoms with Gasteiger partial charge in [0.1, 0.15) is 0 Å². The summed E-state index contributed by atoms with van der Waals surface area (Å²) in [6.45, 7) is 1.88. The second kappa shape index (κ2) is 7.19. The van der Waals surface area contributed by atoms with E-state index < -0.39 is 0 Å². The number of rotatable bonds is 4. The van der Waals surface area contributed by atoms with Crippen LogP contribution in [-0.4, -0.2) is 11.8 Å². The fourth-order valence-electron chi connectivity index (χ4n) is 4.04. The Hall–Kier alpha value is -3.86. The van der Waals surface area contributed by atoms with Gasteiger partial charge in [-0.1, -0.05) is 30.3 Å². The van der Waals surface area contributed by atoms with Crippen LogP contribution in [0.5, 0.6) is 0 Å². The van der Waals surface area contributed by atoms with Crippen molar-refractivity contribution in [3.8, 4) is 0 Å². The Morgan fingerprint density at radius 2 is 1.63 bits per heavy atom. The molecule has 1 heterocycles. The first-order chi connectivity index (χ1) is 14.6. The average molecular weight is 396 g/mol. The maximum atomic E-state index is 13.0. The third-order valence-corrected chi connectivity index (χ3v) is 5.62. The molecule has 0 radical (unpaired) electrons. The van der Waals surface area contributed by atoms with Gasteiger partial charge in [-0.05, 0) is 72.2 Å². The average Bonchev–Trinajstić information content (AvgIpc) is 3.43. The molecule has 0 fully saturated rings. The summed E-state index contributed by atoms with van der Waals surface area (Å²) in [5.74, 6) is -0.354. The van der Waals surface area contributed by atoms with Crippen molar-refractivity contribution in [3.05, 3.63) is 94.9 Å². The monoisotopic (exact) mass is 396 g/mol. The maximum absolute atomic E-state index is 13.0. The lowest BCUT2D eigenvalue weighted by molar-refractivity contribution is 0.0993. The highest BCUT2D eigenvalue weighted by atomic mass is 16.3.